The van der Waals surface area contributed by atoms with Gasteiger partial charge >= 0.3 is 6.18 Å². The highest BCUT2D eigenvalue weighted by atomic mass is 127. The fourth-order valence-corrected chi connectivity index (χ4v) is 3.62. The van der Waals surface area contributed by atoms with Crippen LogP contribution in [-0.2, 0) is 5.41 Å². The molecular weight excluding hydrogens is 510 g/mol. The summed E-state index contributed by atoms with van der Waals surface area (Å²) < 4.78 is 49.2. The van der Waals surface area contributed by atoms with Crippen molar-refractivity contribution in [3.8, 4) is 11.5 Å². The number of methoxy groups -OCH3 is 2. The van der Waals surface area contributed by atoms with Gasteiger partial charge in [-0.05, 0) is 43.4 Å². The molecule has 1 saturated carbocycles. The zero-order chi connectivity index (χ0) is 21.7. The highest BCUT2D eigenvalue weighted by Crippen LogP contribution is 2.37. The van der Waals surface area contributed by atoms with E-state index in [1.54, 1.807) is 21.3 Å². The normalized spacial score (nSPS) is 20.2. The molecule has 0 amide bonds. The zero-order valence-electron chi connectivity index (χ0n) is 18.2. The van der Waals surface area contributed by atoms with E-state index in [-0.39, 0.29) is 48.3 Å². The molecule has 2 N–H and O–H groups in total. The standard InChI is InChI=1S/C21H32F3N3O2.HI/c1-20(2,15-8-11-17(28-4)18(12-15)29-5)13-26-19(25-3)27-16-9-6-14(7-10-16)21(22,23)24;/h8,11-12,14,16H,6-7,9-10,13H2,1-5H3,(H2,25,26,27);1H. The first kappa shape index (κ1) is 26.6. The van der Waals surface area contributed by atoms with Gasteiger partial charge in [-0.2, -0.15) is 13.2 Å². The lowest BCUT2D eigenvalue weighted by molar-refractivity contribution is -0.182. The number of hydrogen-bond acceptors (Lipinski definition) is 3. The first-order chi connectivity index (χ1) is 13.6. The van der Waals surface area contributed by atoms with Gasteiger partial charge in [0.1, 0.15) is 0 Å². The Morgan fingerprint density at radius 3 is 2.17 bits per heavy atom. The summed E-state index contributed by atoms with van der Waals surface area (Å²) >= 11 is 0. The Labute approximate surface area is 194 Å². The Bertz CT molecular complexity index is 703. The van der Waals surface area contributed by atoms with Crippen LogP contribution in [-0.4, -0.2) is 46.0 Å². The molecule has 1 aromatic carbocycles. The molecule has 0 bridgehead atoms. The Kier molecular flexibility index (Phi) is 10.0. The SMILES string of the molecule is CN=C(NCC(C)(C)c1ccc(OC)c(OC)c1)NC1CCC(C(F)(F)F)CC1.I. The van der Waals surface area contributed by atoms with Crippen LogP contribution >= 0.6 is 24.0 Å². The topological polar surface area (TPSA) is 54.9 Å². The number of ether oxygens (including phenoxy) is 2. The molecule has 1 aliphatic rings. The monoisotopic (exact) mass is 543 g/mol. The molecule has 30 heavy (non-hydrogen) atoms. The predicted molar refractivity (Wildman–Crippen MR) is 124 cm³/mol. The van der Waals surface area contributed by atoms with E-state index in [1.165, 1.54) is 0 Å². The second kappa shape index (κ2) is 11.3. The van der Waals surface area contributed by atoms with Crippen LogP contribution < -0.4 is 20.1 Å². The second-order valence-corrected chi connectivity index (χ2v) is 8.11. The highest BCUT2D eigenvalue weighted by molar-refractivity contribution is 14.0. The minimum Gasteiger partial charge on any atom is -0.493 e. The smallest absolute Gasteiger partial charge is 0.391 e. The van der Waals surface area contributed by atoms with Crippen LogP contribution in [0.4, 0.5) is 13.2 Å². The number of hydrogen-bond donors (Lipinski definition) is 2. The minimum absolute atomic E-state index is 0. The van der Waals surface area contributed by atoms with E-state index in [0.717, 1.165) is 5.56 Å². The van der Waals surface area contributed by atoms with Gasteiger partial charge in [-0.1, -0.05) is 19.9 Å². The Morgan fingerprint density at radius 2 is 1.67 bits per heavy atom. The van der Waals surface area contributed by atoms with Gasteiger partial charge in [-0.15, -0.1) is 24.0 Å². The number of rotatable bonds is 6. The Morgan fingerprint density at radius 1 is 1.07 bits per heavy atom. The summed E-state index contributed by atoms with van der Waals surface area (Å²) in [5.41, 5.74) is 0.842. The van der Waals surface area contributed by atoms with E-state index in [0.29, 0.717) is 36.8 Å². The number of alkyl halides is 3. The van der Waals surface area contributed by atoms with Gasteiger partial charge in [0.2, 0.25) is 0 Å². The maximum Gasteiger partial charge on any atom is 0.391 e. The second-order valence-electron chi connectivity index (χ2n) is 8.11. The van der Waals surface area contributed by atoms with Crippen molar-refractivity contribution in [2.45, 2.75) is 57.2 Å². The summed E-state index contributed by atoms with van der Waals surface area (Å²) in [7, 11) is 4.87. The third-order valence-electron chi connectivity index (χ3n) is 5.62. The van der Waals surface area contributed by atoms with Crippen LogP contribution in [0.15, 0.2) is 23.2 Å². The van der Waals surface area contributed by atoms with Crippen molar-refractivity contribution in [2.24, 2.45) is 10.9 Å². The molecule has 0 saturated heterocycles. The maximum absolute atomic E-state index is 12.8. The van der Waals surface area contributed by atoms with Crippen molar-refractivity contribution < 1.29 is 22.6 Å². The molecule has 0 heterocycles. The molecule has 2 rings (SSSR count). The van der Waals surface area contributed by atoms with E-state index < -0.39 is 12.1 Å². The van der Waals surface area contributed by atoms with Crippen LogP contribution in [0.5, 0.6) is 11.5 Å². The van der Waals surface area contributed by atoms with E-state index in [1.807, 2.05) is 18.2 Å². The lowest BCUT2D eigenvalue weighted by Gasteiger charge is -2.32. The summed E-state index contributed by atoms with van der Waals surface area (Å²) in [5.74, 6) is 0.766. The summed E-state index contributed by atoms with van der Waals surface area (Å²) in [6, 6.07) is 5.83. The van der Waals surface area contributed by atoms with Crippen molar-refractivity contribution in [2.75, 3.05) is 27.8 Å². The largest absolute Gasteiger partial charge is 0.493 e. The molecule has 0 spiro atoms. The molecule has 9 heteroatoms. The number of nitrogens with one attached hydrogen (secondary N) is 2. The van der Waals surface area contributed by atoms with E-state index in [4.69, 9.17) is 9.47 Å². The van der Waals surface area contributed by atoms with Crippen LogP contribution in [0.1, 0.15) is 45.1 Å². The number of halogens is 4. The van der Waals surface area contributed by atoms with E-state index in [9.17, 15) is 13.2 Å². The molecule has 1 aliphatic carbocycles. The highest BCUT2D eigenvalue weighted by Gasteiger charge is 2.41. The van der Waals surface area contributed by atoms with Gasteiger partial charge in [0.25, 0.3) is 0 Å². The molecule has 0 aliphatic heterocycles. The minimum atomic E-state index is -4.09. The quantitative estimate of drug-likeness (QED) is 0.305. The van der Waals surface area contributed by atoms with Gasteiger partial charge in [0.05, 0.1) is 20.1 Å². The number of nitrogens with zero attached hydrogens (tertiary/aromatic N) is 1. The first-order valence-electron chi connectivity index (χ1n) is 9.87. The lowest BCUT2D eigenvalue weighted by Crippen LogP contribution is -2.48. The van der Waals surface area contributed by atoms with Gasteiger partial charge in [0.15, 0.2) is 17.5 Å². The molecule has 172 valence electrons. The van der Waals surface area contributed by atoms with Crippen molar-refractivity contribution in [1.82, 2.24) is 10.6 Å². The summed E-state index contributed by atoms with van der Waals surface area (Å²) in [6.07, 6.45) is -2.78. The van der Waals surface area contributed by atoms with E-state index in [2.05, 4.69) is 29.5 Å². The fourth-order valence-electron chi connectivity index (χ4n) is 3.62. The predicted octanol–water partition coefficient (Wildman–Crippen LogP) is 4.89. The average molecular weight is 543 g/mol. The molecule has 0 aromatic heterocycles. The average Bonchev–Trinajstić information content (AvgIpc) is 2.70. The third kappa shape index (κ3) is 7.09. The lowest BCUT2D eigenvalue weighted by atomic mass is 9.84. The van der Waals surface area contributed by atoms with Gasteiger partial charge in [-0.25, -0.2) is 0 Å². The van der Waals surface area contributed by atoms with Crippen LogP contribution in [0.25, 0.3) is 0 Å². The zero-order valence-corrected chi connectivity index (χ0v) is 20.6. The third-order valence-corrected chi connectivity index (χ3v) is 5.62. The summed E-state index contributed by atoms with van der Waals surface area (Å²) in [5, 5.41) is 6.58. The molecular formula is C21H33F3IN3O2. The Hall–Kier alpha value is -1.39. The van der Waals surface area contributed by atoms with Crippen molar-refractivity contribution in [3.05, 3.63) is 23.8 Å². The molecule has 0 atom stereocenters. The molecule has 5 nitrogen and oxygen atoms in total. The summed E-state index contributed by atoms with van der Waals surface area (Å²) in [4.78, 5) is 4.24. The number of aliphatic imine (C=N–C) groups is 1. The van der Waals surface area contributed by atoms with Crippen LogP contribution in [0, 0.1) is 5.92 Å². The maximum atomic E-state index is 12.8. The van der Waals surface area contributed by atoms with Crippen molar-refractivity contribution in [1.29, 1.82) is 0 Å². The molecule has 0 unspecified atom stereocenters. The van der Waals surface area contributed by atoms with Gasteiger partial charge in [-0.3, -0.25) is 4.99 Å². The first-order valence-corrected chi connectivity index (χ1v) is 9.87. The molecule has 1 aromatic rings. The number of benzene rings is 1. The van der Waals surface area contributed by atoms with Crippen molar-refractivity contribution in [3.63, 3.8) is 0 Å². The van der Waals surface area contributed by atoms with E-state index >= 15 is 0 Å². The van der Waals surface area contributed by atoms with Crippen LogP contribution in [0.3, 0.4) is 0 Å². The fraction of sp³-hybridized carbons (Fsp3) is 0.667. The number of guanidine groups is 1. The van der Waals surface area contributed by atoms with Gasteiger partial charge < -0.3 is 20.1 Å². The molecule has 0 radical (unpaired) electrons. The van der Waals surface area contributed by atoms with Gasteiger partial charge in [0, 0.05) is 25.0 Å². The van der Waals surface area contributed by atoms with Crippen molar-refractivity contribution >= 4 is 29.9 Å². The van der Waals surface area contributed by atoms with Crippen LogP contribution in [0.2, 0.25) is 0 Å². The molecule has 1 fully saturated rings. The Balaban J connectivity index is 0.00000450. The summed E-state index contributed by atoms with van der Waals surface area (Å²) in [6.45, 7) is 4.80.